The van der Waals surface area contributed by atoms with Crippen LogP contribution in [0.4, 0.5) is 5.69 Å². The van der Waals surface area contributed by atoms with E-state index in [2.05, 4.69) is 10.6 Å². The highest BCUT2D eigenvalue weighted by Crippen LogP contribution is 2.19. The molecular formula is C20H16N2O2S. The van der Waals surface area contributed by atoms with Crippen molar-refractivity contribution in [2.24, 2.45) is 0 Å². The van der Waals surface area contributed by atoms with E-state index in [-0.39, 0.29) is 16.8 Å². The van der Waals surface area contributed by atoms with E-state index < -0.39 is 0 Å². The van der Waals surface area contributed by atoms with Crippen molar-refractivity contribution in [3.63, 3.8) is 0 Å². The van der Waals surface area contributed by atoms with Crippen molar-refractivity contribution in [3.05, 3.63) is 78.4 Å². The zero-order chi connectivity index (χ0) is 17.6. The van der Waals surface area contributed by atoms with Crippen LogP contribution in [0.15, 0.2) is 72.8 Å². The molecule has 0 aliphatic heterocycles. The highest BCUT2D eigenvalue weighted by molar-refractivity contribution is 7.80. The van der Waals surface area contributed by atoms with Crippen LogP contribution >= 0.6 is 12.2 Å². The molecule has 4 nitrogen and oxygen atoms in total. The normalized spacial score (nSPS) is 10.7. The third-order valence-corrected chi connectivity index (χ3v) is 3.78. The fourth-order valence-corrected chi connectivity index (χ4v) is 2.68. The molecule has 0 aliphatic carbocycles. The molecule has 0 spiro atoms. The molecule has 5 heteroatoms. The molecule has 0 bridgehead atoms. The van der Waals surface area contributed by atoms with E-state index in [0.29, 0.717) is 5.69 Å². The maximum Gasteiger partial charge on any atom is 0.250 e. The number of fused-ring (bicyclic) bond motifs is 1. The predicted molar refractivity (Wildman–Crippen MR) is 105 cm³/mol. The third-order valence-electron chi connectivity index (χ3n) is 3.58. The molecule has 0 heterocycles. The Kier molecular flexibility index (Phi) is 5.06. The van der Waals surface area contributed by atoms with Crippen LogP contribution in [0.2, 0.25) is 0 Å². The molecule has 0 aromatic heterocycles. The van der Waals surface area contributed by atoms with Crippen molar-refractivity contribution in [3.8, 4) is 5.75 Å². The van der Waals surface area contributed by atoms with Gasteiger partial charge in [-0.15, -0.1) is 0 Å². The van der Waals surface area contributed by atoms with Crippen LogP contribution in [-0.4, -0.2) is 16.1 Å². The summed E-state index contributed by atoms with van der Waals surface area (Å²) in [6.45, 7) is 0. The zero-order valence-corrected chi connectivity index (χ0v) is 14.1. The highest BCUT2D eigenvalue weighted by atomic mass is 32.1. The first kappa shape index (κ1) is 16.7. The number of anilines is 1. The summed E-state index contributed by atoms with van der Waals surface area (Å²) in [6, 6.07) is 20.4. The van der Waals surface area contributed by atoms with Gasteiger partial charge < -0.3 is 10.4 Å². The van der Waals surface area contributed by atoms with Crippen LogP contribution in [0.3, 0.4) is 0 Å². The van der Waals surface area contributed by atoms with Crippen LogP contribution in [-0.2, 0) is 4.79 Å². The number of phenolic OH excluding ortho intramolecular Hbond substituents is 1. The Hall–Kier alpha value is -3.18. The molecule has 0 saturated carbocycles. The lowest BCUT2D eigenvalue weighted by Gasteiger charge is -2.08. The number of phenols is 1. The molecule has 3 aromatic rings. The number of rotatable bonds is 3. The van der Waals surface area contributed by atoms with Gasteiger partial charge in [0.15, 0.2) is 5.11 Å². The number of thiocarbonyl (C=S) groups is 1. The molecule has 0 aliphatic rings. The standard InChI is InChI=1S/C20H16N2O2S/c23-17-9-4-8-16(13-17)21-20(25)22-19(24)12-11-15-7-3-6-14-5-1-2-10-18(14)15/h1-13,23H,(H2,21,22,24,25)/b12-11+. The Labute approximate surface area is 150 Å². The average Bonchev–Trinajstić information content (AvgIpc) is 2.59. The van der Waals surface area contributed by atoms with E-state index in [1.807, 2.05) is 42.5 Å². The second kappa shape index (κ2) is 7.59. The molecule has 3 N–H and O–H groups in total. The smallest absolute Gasteiger partial charge is 0.250 e. The van der Waals surface area contributed by atoms with Crippen molar-refractivity contribution in [1.29, 1.82) is 0 Å². The molecule has 25 heavy (non-hydrogen) atoms. The van der Waals surface area contributed by atoms with Gasteiger partial charge in [-0.1, -0.05) is 48.5 Å². The Balaban J connectivity index is 1.65. The van der Waals surface area contributed by atoms with Gasteiger partial charge in [-0.25, -0.2) is 0 Å². The number of hydrogen-bond acceptors (Lipinski definition) is 3. The van der Waals surface area contributed by atoms with E-state index in [9.17, 15) is 9.90 Å². The molecule has 0 radical (unpaired) electrons. The Morgan fingerprint density at radius 2 is 1.76 bits per heavy atom. The van der Waals surface area contributed by atoms with Crippen molar-refractivity contribution < 1.29 is 9.90 Å². The Morgan fingerprint density at radius 3 is 2.60 bits per heavy atom. The number of carbonyl (C=O) groups is 1. The average molecular weight is 348 g/mol. The van der Waals surface area contributed by atoms with Crippen LogP contribution in [0, 0.1) is 0 Å². The number of nitrogens with one attached hydrogen (secondary N) is 2. The minimum Gasteiger partial charge on any atom is -0.508 e. The Bertz CT molecular complexity index is 961. The predicted octanol–water partition coefficient (Wildman–Crippen LogP) is 4.07. The molecule has 0 saturated heterocycles. The maximum atomic E-state index is 12.0. The summed E-state index contributed by atoms with van der Waals surface area (Å²) < 4.78 is 0. The lowest BCUT2D eigenvalue weighted by Crippen LogP contribution is -2.32. The fourth-order valence-electron chi connectivity index (χ4n) is 2.46. The van der Waals surface area contributed by atoms with Crippen molar-refractivity contribution in [2.45, 2.75) is 0 Å². The van der Waals surface area contributed by atoms with E-state index in [1.165, 1.54) is 12.1 Å². The van der Waals surface area contributed by atoms with Gasteiger partial charge in [0, 0.05) is 17.8 Å². The minimum absolute atomic E-state index is 0.120. The van der Waals surface area contributed by atoms with Crippen molar-refractivity contribution in [1.82, 2.24) is 5.32 Å². The highest BCUT2D eigenvalue weighted by Gasteiger charge is 2.03. The Morgan fingerprint density at radius 1 is 1.00 bits per heavy atom. The monoisotopic (exact) mass is 348 g/mol. The quantitative estimate of drug-likeness (QED) is 0.493. The number of hydrogen-bond donors (Lipinski definition) is 3. The zero-order valence-electron chi connectivity index (χ0n) is 13.3. The maximum absolute atomic E-state index is 12.0. The summed E-state index contributed by atoms with van der Waals surface area (Å²) in [6.07, 6.45) is 3.20. The van der Waals surface area contributed by atoms with Crippen LogP contribution < -0.4 is 10.6 Å². The fraction of sp³-hybridized carbons (Fsp3) is 0. The van der Waals surface area contributed by atoms with E-state index >= 15 is 0 Å². The first-order chi connectivity index (χ1) is 12.1. The second-order valence-corrected chi connectivity index (χ2v) is 5.80. The van der Waals surface area contributed by atoms with Crippen molar-refractivity contribution in [2.75, 3.05) is 5.32 Å². The first-order valence-corrected chi connectivity index (χ1v) is 8.09. The summed E-state index contributed by atoms with van der Waals surface area (Å²) in [5, 5.41) is 17.2. The first-order valence-electron chi connectivity index (χ1n) is 7.69. The van der Waals surface area contributed by atoms with E-state index in [1.54, 1.807) is 24.3 Å². The van der Waals surface area contributed by atoms with Gasteiger partial charge in [0.2, 0.25) is 5.91 Å². The molecule has 124 valence electrons. The van der Waals surface area contributed by atoms with Gasteiger partial charge in [-0.05, 0) is 46.8 Å². The summed E-state index contributed by atoms with van der Waals surface area (Å²) in [5.41, 5.74) is 1.56. The largest absolute Gasteiger partial charge is 0.508 e. The molecule has 0 atom stereocenters. The van der Waals surface area contributed by atoms with Gasteiger partial charge >= 0.3 is 0 Å². The van der Waals surface area contributed by atoms with E-state index in [4.69, 9.17) is 12.2 Å². The third kappa shape index (κ3) is 4.43. The summed E-state index contributed by atoms with van der Waals surface area (Å²) in [5.74, 6) is -0.208. The number of carbonyl (C=O) groups excluding carboxylic acids is 1. The lowest BCUT2D eigenvalue weighted by molar-refractivity contribution is -0.115. The van der Waals surface area contributed by atoms with Crippen molar-refractivity contribution >= 4 is 45.8 Å². The molecule has 0 fully saturated rings. The second-order valence-electron chi connectivity index (χ2n) is 5.40. The molecule has 1 amide bonds. The number of amides is 1. The van der Waals surface area contributed by atoms with E-state index in [0.717, 1.165) is 16.3 Å². The molecular weight excluding hydrogens is 332 g/mol. The van der Waals surface area contributed by atoms with Gasteiger partial charge in [0.25, 0.3) is 0 Å². The van der Waals surface area contributed by atoms with Gasteiger partial charge in [0.05, 0.1) is 0 Å². The topological polar surface area (TPSA) is 61.4 Å². The van der Waals surface area contributed by atoms with Gasteiger partial charge in [-0.2, -0.15) is 0 Å². The number of aromatic hydroxyl groups is 1. The molecule has 3 rings (SSSR count). The van der Waals surface area contributed by atoms with Gasteiger partial charge in [-0.3, -0.25) is 10.1 Å². The molecule has 3 aromatic carbocycles. The van der Waals surface area contributed by atoms with Crippen LogP contribution in [0.5, 0.6) is 5.75 Å². The number of benzene rings is 3. The van der Waals surface area contributed by atoms with Gasteiger partial charge in [0.1, 0.15) is 5.75 Å². The summed E-state index contributed by atoms with van der Waals surface area (Å²) >= 11 is 5.10. The van der Waals surface area contributed by atoms with Crippen LogP contribution in [0.25, 0.3) is 16.8 Å². The lowest BCUT2D eigenvalue weighted by atomic mass is 10.0. The summed E-state index contributed by atoms with van der Waals surface area (Å²) in [4.78, 5) is 12.0. The summed E-state index contributed by atoms with van der Waals surface area (Å²) in [7, 11) is 0. The SMILES string of the molecule is O=C(/C=C/c1cccc2ccccc12)NC(=S)Nc1cccc(O)c1. The molecule has 0 unspecified atom stereocenters. The minimum atomic E-state index is -0.328. The van der Waals surface area contributed by atoms with Crippen LogP contribution in [0.1, 0.15) is 5.56 Å².